The van der Waals surface area contributed by atoms with Crippen molar-refractivity contribution in [3.05, 3.63) is 35.5 Å². The number of hydrogen-bond acceptors (Lipinski definition) is 2. The standard InChI is InChI=1S/C16H21N3/c1-19-9-10(7-17)5-13-12-3-2-4-14-16(12)11(8-18-14)6-15(13)19/h2-4,8,10,13,15,18H,5-7,9,17H2,1H3/t10-,13-,15-/m1/s1. The number of nitrogens with one attached hydrogen (secondary N) is 1. The first kappa shape index (κ1) is 11.5. The van der Waals surface area contributed by atoms with E-state index in [0.29, 0.717) is 17.9 Å². The summed E-state index contributed by atoms with van der Waals surface area (Å²) in [5.74, 6) is 1.29. The minimum atomic E-state index is 0.641. The number of fused-ring (bicyclic) bond motifs is 2. The molecule has 1 aromatic heterocycles. The first-order valence-electron chi connectivity index (χ1n) is 7.27. The molecule has 2 aliphatic rings. The van der Waals surface area contributed by atoms with E-state index in [0.717, 1.165) is 13.1 Å². The van der Waals surface area contributed by atoms with Crippen LogP contribution in [0.25, 0.3) is 10.9 Å². The maximum Gasteiger partial charge on any atom is 0.0459 e. The van der Waals surface area contributed by atoms with Gasteiger partial charge in [0.05, 0.1) is 0 Å². The van der Waals surface area contributed by atoms with E-state index in [-0.39, 0.29) is 0 Å². The van der Waals surface area contributed by atoms with Crippen LogP contribution >= 0.6 is 0 Å². The van der Waals surface area contributed by atoms with E-state index in [2.05, 4.69) is 41.3 Å². The molecule has 0 radical (unpaired) electrons. The number of H-pyrrole nitrogens is 1. The summed E-state index contributed by atoms with van der Waals surface area (Å²) in [5.41, 5.74) is 10.2. The molecule has 2 aromatic rings. The number of aromatic nitrogens is 1. The molecule has 3 atom stereocenters. The van der Waals surface area contributed by atoms with Gasteiger partial charge in [-0.1, -0.05) is 12.1 Å². The predicted octanol–water partition coefficient (Wildman–Crippen LogP) is 2.09. The molecule has 4 rings (SSSR count). The fourth-order valence-corrected chi connectivity index (χ4v) is 4.22. The molecule has 3 nitrogen and oxygen atoms in total. The smallest absolute Gasteiger partial charge is 0.0459 e. The van der Waals surface area contributed by atoms with Gasteiger partial charge in [-0.2, -0.15) is 0 Å². The molecule has 0 spiro atoms. The van der Waals surface area contributed by atoms with Gasteiger partial charge in [0, 0.05) is 35.6 Å². The Hall–Kier alpha value is -1.32. The first-order chi connectivity index (χ1) is 9.28. The minimum Gasteiger partial charge on any atom is -0.361 e. The van der Waals surface area contributed by atoms with E-state index in [4.69, 9.17) is 5.73 Å². The number of likely N-dealkylation sites (tertiary alicyclic amines) is 1. The third-order valence-electron chi connectivity index (χ3n) is 5.15. The molecular formula is C16H21N3. The maximum atomic E-state index is 5.93. The van der Waals surface area contributed by atoms with E-state index < -0.39 is 0 Å². The summed E-state index contributed by atoms with van der Waals surface area (Å²) in [6.45, 7) is 1.96. The van der Waals surface area contributed by atoms with Gasteiger partial charge in [0.25, 0.3) is 0 Å². The summed E-state index contributed by atoms with van der Waals surface area (Å²) < 4.78 is 0. The summed E-state index contributed by atoms with van der Waals surface area (Å²) >= 11 is 0. The van der Waals surface area contributed by atoms with Crippen LogP contribution in [0.1, 0.15) is 23.5 Å². The fraction of sp³-hybridized carbons (Fsp3) is 0.500. The van der Waals surface area contributed by atoms with Crippen LogP contribution in [0.15, 0.2) is 24.4 Å². The third kappa shape index (κ3) is 1.58. The molecule has 19 heavy (non-hydrogen) atoms. The lowest BCUT2D eigenvalue weighted by Gasteiger charge is -2.45. The molecule has 1 aromatic carbocycles. The number of likely N-dealkylation sites (N-methyl/N-ethyl adjacent to an activating group) is 1. The van der Waals surface area contributed by atoms with Gasteiger partial charge in [0.1, 0.15) is 0 Å². The Balaban J connectivity index is 1.86. The Kier molecular flexibility index (Phi) is 2.47. The highest BCUT2D eigenvalue weighted by Gasteiger charge is 2.38. The number of benzene rings is 1. The van der Waals surface area contributed by atoms with Crippen molar-refractivity contribution in [2.45, 2.75) is 24.8 Å². The van der Waals surface area contributed by atoms with Crippen molar-refractivity contribution in [1.29, 1.82) is 0 Å². The monoisotopic (exact) mass is 255 g/mol. The average molecular weight is 255 g/mol. The van der Waals surface area contributed by atoms with Crippen LogP contribution < -0.4 is 5.73 Å². The summed E-state index contributed by atoms with van der Waals surface area (Å²) in [4.78, 5) is 5.95. The van der Waals surface area contributed by atoms with Crippen molar-refractivity contribution in [3.63, 3.8) is 0 Å². The topological polar surface area (TPSA) is 45.0 Å². The molecule has 3 N–H and O–H groups in total. The quantitative estimate of drug-likeness (QED) is 0.819. The molecule has 2 heterocycles. The van der Waals surface area contributed by atoms with Crippen LogP contribution in [0.2, 0.25) is 0 Å². The molecule has 0 amide bonds. The zero-order chi connectivity index (χ0) is 13.0. The molecule has 3 heteroatoms. The molecule has 100 valence electrons. The molecule has 1 aliphatic carbocycles. The highest BCUT2D eigenvalue weighted by molar-refractivity contribution is 5.88. The maximum absolute atomic E-state index is 5.93. The predicted molar refractivity (Wildman–Crippen MR) is 78.3 cm³/mol. The molecule has 0 unspecified atom stereocenters. The van der Waals surface area contributed by atoms with Gasteiger partial charge in [-0.05, 0) is 49.5 Å². The van der Waals surface area contributed by atoms with Crippen molar-refractivity contribution in [2.24, 2.45) is 11.7 Å². The van der Waals surface area contributed by atoms with E-state index >= 15 is 0 Å². The van der Waals surface area contributed by atoms with Gasteiger partial charge < -0.3 is 15.6 Å². The second kappa shape index (κ2) is 4.09. The van der Waals surface area contributed by atoms with E-state index in [9.17, 15) is 0 Å². The van der Waals surface area contributed by atoms with Crippen LogP contribution in [0.4, 0.5) is 0 Å². The number of piperidine rings is 1. The Bertz CT molecular complexity index is 615. The number of hydrogen-bond donors (Lipinski definition) is 2. The van der Waals surface area contributed by atoms with Crippen molar-refractivity contribution < 1.29 is 0 Å². The summed E-state index contributed by atoms with van der Waals surface area (Å²) in [7, 11) is 2.26. The van der Waals surface area contributed by atoms with E-state index in [1.54, 1.807) is 0 Å². The Morgan fingerprint density at radius 2 is 2.32 bits per heavy atom. The summed E-state index contributed by atoms with van der Waals surface area (Å²) in [6, 6.07) is 7.35. The molecule has 0 saturated carbocycles. The van der Waals surface area contributed by atoms with Crippen LogP contribution in [0.3, 0.4) is 0 Å². The number of rotatable bonds is 1. The third-order valence-corrected chi connectivity index (χ3v) is 5.15. The van der Waals surface area contributed by atoms with Gasteiger partial charge in [-0.15, -0.1) is 0 Å². The number of nitrogens with zero attached hydrogens (tertiary/aromatic N) is 1. The van der Waals surface area contributed by atoms with Gasteiger partial charge in [-0.25, -0.2) is 0 Å². The second-order valence-electron chi connectivity index (χ2n) is 6.24. The molecule has 0 bridgehead atoms. The lowest BCUT2D eigenvalue weighted by Crippen LogP contribution is -2.49. The summed E-state index contributed by atoms with van der Waals surface area (Å²) in [6.07, 6.45) is 4.62. The molecular weight excluding hydrogens is 234 g/mol. The SMILES string of the molecule is CN1C[C@@H](CN)C[C@@H]2c3cccc4[nH]cc(c34)C[C@H]21. The van der Waals surface area contributed by atoms with E-state index in [1.165, 1.54) is 34.9 Å². The van der Waals surface area contributed by atoms with Crippen molar-refractivity contribution in [3.8, 4) is 0 Å². The first-order valence-corrected chi connectivity index (χ1v) is 7.27. The highest BCUT2D eigenvalue weighted by Crippen LogP contribution is 2.43. The van der Waals surface area contributed by atoms with Gasteiger partial charge >= 0.3 is 0 Å². The highest BCUT2D eigenvalue weighted by atomic mass is 15.1. The largest absolute Gasteiger partial charge is 0.361 e. The van der Waals surface area contributed by atoms with Crippen molar-refractivity contribution in [2.75, 3.05) is 20.1 Å². The summed E-state index contributed by atoms with van der Waals surface area (Å²) in [5, 5.41) is 1.48. The van der Waals surface area contributed by atoms with Gasteiger partial charge in [0.2, 0.25) is 0 Å². The lowest BCUT2D eigenvalue weighted by atomic mass is 9.72. The molecule has 1 fully saturated rings. The lowest BCUT2D eigenvalue weighted by molar-refractivity contribution is 0.115. The Morgan fingerprint density at radius 3 is 3.16 bits per heavy atom. The average Bonchev–Trinajstić information content (AvgIpc) is 2.85. The van der Waals surface area contributed by atoms with E-state index in [1.807, 2.05) is 0 Å². The molecule has 1 saturated heterocycles. The van der Waals surface area contributed by atoms with Crippen LogP contribution in [0.5, 0.6) is 0 Å². The second-order valence-corrected chi connectivity index (χ2v) is 6.24. The van der Waals surface area contributed by atoms with Crippen LogP contribution in [-0.4, -0.2) is 36.1 Å². The molecule has 1 aliphatic heterocycles. The van der Waals surface area contributed by atoms with Crippen LogP contribution in [-0.2, 0) is 6.42 Å². The Labute approximate surface area is 113 Å². The zero-order valence-electron chi connectivity index (χ0n) is 11.4. The zero-order valence-corrected chi connectivity index (χ0v) is 11.4. The Morgan fingerprint density at radius 1 is 1.42 bits per heavy atom. The van der Waals surface area contributed by atoms with Gasteiger partial charge in [-0.3, -0.25) is 0 Å². The number of aromatic amines is 1. The fourth-order valence-electron chi connectivity index (χ4n) is 4.22. The number of nitrogens with two attached hydrogens (primary N) is 1. The van der Waals surface area contributed by atoms with Gasteiger partial charge in [0.15, 0.2) is 0 Å². The van der Waals surface area contributed by atoms with Crippen LogP contribution in [0, 0.1) is 5.92 Å². The normalized spacial score (nSPS) is 30.5. The van der Waals surface area contributed by atoms with Crippen molar-refractivity contribution in [1.82, 2.24) is 9.88 Å². The van der Waals surface area contributed by atoms with Crippen molar-refractivity contribution >= 4 is 10.9 Å². The minimum absolute atomic E-state index is 0.641.